The molecule has 3 N–H and O–H groups in total. The average molecular weight is 394 g/mol. The van der Waals surface area contributed by atoms with Gasteiger partial charge in [-0.1, -0.05) is 13.8 Å². The number of likely N-dealkylation sites (N-methyl/N-ethyl adjacent to an activating group) is 1. The van der Waals surface area contributed by atoms with Crippen LogP contribution >= 0.6 is 24.8 Å². The molecule has 1 heterocycles. The number of amides is 1. The Kier molecular flexibility index (Phi) is 11.8. The predicted molar refractivity (Wildman–Crippen MR) is 105 cm³/mol. The topological polar surface area (TPSA) is 73.8 Å². The van der Waals surface area contributed by atoms with Gasteiger partial charge in [0.25, 0.3) is 0 Å². The Morgan fingerprint density at radius 2 is 1.92 bits per heavy atom. The highest BCUT2D eigenvalue weighted by molar-refractivity contribution is 5.95. The van der Waals surface area contributed by atoms with Crippen LogP contribution in [0.4, 0.5) is 5.69 Å². The Balaban J connectivity index is 0.00000288. The van der Waals surface area contributed by atoms with Crippen LogP contribution in [0, 0.1) is 0 Å². The zero-order chi connectivity index (χ0) is 16.7. The molecule has 0 saturated carbocycles. The number of ether oxygens (including phenoxy) is 1. The average Bonchev–Trinajstić information content (AvgIpc) is 3.00. The number of benzene rings is 1. The number of hydrogen-bond acceptors (Lipinski definition) is 5. The molecule has 2 rings (SSSR count). The standard InChI is InChI=1S/C17H27N3O3.2ClH/c1-3-20(4-2)9-10-23-15-7-5-13(6-8-15)19-17(22)16-11-14(21)12-18-16;;/h5-8,14,16,18,21H,3-4,9-12H2,1-2H3,(H,19,22);2*1H. The highest BCUT2D eigenvalue weighted by Crippen LogP contribution is 2.17. The van der Waals surface area contributed by atoms with Gasteiger partial charge in [0.1, 0.15) is 12.4 Å². The molecule has 1 aliphatic rings. The summed E-state index contributed by atoms with van der Waals surface area (Å²) in [6, 6.07) is 7.05. The maximum atomic E-state index is 12.0. The first-order valence-electron chi connectivity index (χ1n) is 8.30. The van der Waals surface area contributed by atoms with Gasteiger partial charge < -0.3 is 25.4 Å². The van der Waals surface area contributed by atoms with Crippen molar-refractivity contribution in [3.05, 3.63) is 24.3 Å². The van der Waals surface area contributed by atoms with E-state index < -0.39 is 6.10 Å². The van der Waals surface area contributed by atoms with E-state index in [1.54, 1.807) is 0 Å². The summed E-state index contributed by atoms with van der Waals surface area (Å²) >= 11 is 0. The number of nitrogens with one attached hydrogen (secondary N) is 2. The molecule has 1 fully saturated rings. The van der Waals surface area contributed by atoms with Crippen LogP contribution in [0.15, 0.2) is 24.3 Å². The van der Waals surface area contributed by atoms with Gasteiger partial charge >= 0.3 is 0 Å². The number of hydrogen-bond donors (Lipinski definition) is 3. The lowest BCUT2D eigenvalue weighted by Gasteiger charge is -2.18. The lowest BCUT2D eigenvalue weighted by molar-refractivity contribution is -0.117. The Bertz CT molecular complexity index is 498. The van der Waals surface area contributed by atoms with Gasteiger partial charge in [-0.25, -0.2) is 0 Å². The van der Waals surface area contributed by atoms with Crippen LogP contribution in [-0.4, -0.2) is 60.8 Å². The Hall–Kier alpha value is -1.05. The SMILES string of the molecule is CCN(CC)CCOc1ccc(NC(=O)C2CC(O)CN2)cc1.Cl.Cl. The molecule has 0 bridgehead atoms. The molecular formula is C17H29Cl2N3O3. The highest BCUT2D eigenvalue weighted by atomic mass is 35.5. The molecule has 1 aromatic carbocycles. The van der Waals surface area contributed by atoms with Crippen molar-refractivity contribution < 1.29 is 14.6 Å². The predicted octanol–water partition coefficient (Wildman–Crippen LogP) is 1.91. The van der Waals surface area contributed by atoms with Gasteiger partial charge in [-0.3, -0.25) is 4.79 Å². The molecule has 8 heteroatoms. The van der Waals surface area contributed by atoms with E-state index in [9.17, 15) is 9.90 Å². The van der Waals surface area contributed by atoms with E-state index in [0.717, 1.165) is 31.1 Å². The molecule has 1 saturated heterocycles. The molecule has 6 nitrogen and oxygen atoms in total. The molecule has 1 aliphatic heterocycles. The fourth-order valence-electron chi connectivity index (χ4n) is 2.61. The molecule has 1 amide bonds. The molecule has 25 heavy (non-hydrogen) atoms. The van der Waals surface area contributed by atoms with Crippen LogP contribution in [0.2, 0.25) is 0 Å². The molecule has 2 unspecified atom stereocenters. The summed E-state index contributed by atoms with van der Waals surface area (Å²) in [5.74, 6) is 0.682. The Morgan fingerprint density at radius 1 is 1.28 bits per heavy atom. The first-order chi connectivity index (χ1) is 11.1. The number of halogens is 2. The van der Waals surface area contributed by atoms with E-state index in [1.807, 2.05) is 24.3 Å². The summed E-state index contributed by atoms with van der Waals surface area (Å²) < 4.78 is 5.71. The third kappa shape index (κ3) is 7.79. The minimum atomic E-state index is -0.438. The summed E-state index contributed by atoms with van der Waals surface area (Å²) in [5.41, 5.74) is 0.731. The maximum absolute atomic E-state index is 12.0. The van der Waals surface area contributed by atoms with Crippen molar-refractivity contribution in [3.8, 4) is 5.75 Å². The number of carbonyl (C=O) groups excluding carboxylic acids is 1. The number of nitrogens with zero attached hydrogens (tertiary/aromatic N) is 1. The second-order valence-electron chi connectivity index (χ2n) is 5.74. The van der Waals surface area contributed by atoms with Crippen LogP contribution in [0.5, 0.6) is 5.75 Å². The van der Waals surface area contributed by atoms with E-state index in [-0.39, 0.29) is 36.8 Å². The van der Waals surface area contributed by atoms with Gasteiger partial charge in [0.2, 0.25) is 5.91 Å². The summed E-state index contributed by atoms with van der Waals surface area (Å²) in [4.78, 5) is 14.3. The van der Waals surface area contributed by atoms with E-state index >= 15 is 0 Å². The number of aliphatic hydroxyl groups excluding tert-OH is 1. The number of anilines is 1. The first kappa shape index (κ1) is 23.9. The Labute approximate surface area is 162 Å². The van der Waals surface area contributed by atoms with Gasteiger partial charge in [-0.2, -0.15) is 0 Å². The third-order valence-corrected chi connectivity index (χ3v) is 4.12. The van der Waals surface area contributed by atoms with Crippen LogP contribution in [0.1, 0.15) is 20.3 Å². The molecule has 0 radical (unpaired) electrons. The Morgan fingerprint density at radius 3 is 2.44 bits per heavy atom. The van der Waals surface area contributed by atoms with E-state index in [4.69, 9.17) is 4.74 Å². The zero-order valence-electron chi connectivity index (χ0n) is 14.7. The minimum Gasteiger partial charge on any atom is -0.492 e. The smallest absolute Gasteiger partial charge is 0.241 e. The number of aliphatic hydroxyl groups is 1. The number of β-amino-alcohol motifs (C(OH)–C–C–N with tert-alkyl or cyclic N) is 1. The van der Waals surface area contributed by atoms with Crippen molar-refractivity contribution in [1.29, 1.82) is 0 Å². The summed E-state index contributed by atoms with van der Waals surface area (Å²) in [5, 5.41) is 15.3. The first-order valence-corrected chi connectivity index (χ1v) is 8.30. The normalized spacial score (nSPS) is 19.0. The molecule has 1 aromatic rings. The molecule has 0 spiro atoms. The van der Waals surface area contributed by atoms with Crippen LogP contribution < -0.4 is 15.4 Å². The second kappa shape index (κ2) is 12.3. The van der Waals surface area contributed by atoms with Crippen molar-refractivity contribution in [2.45, 2.75) is 32.4 Å². The van der Waals surface area contributed by atoms with Crippen LogP contribution in [0.3, 0.4) is 0 Å². The fourth-order valence-corrected chi connectivity index (χ4v) is 2.61. The van der Waals surface area contributed by atoms with Gasteiger partial charge in [-0.05, 0) is 43.8 Å². The van der Waals surface area contributed by atoms with Crippen molar-refractivity contribution in [2.24, 2.45) is 0 Å². The van der Waals surface area contributed by atoms with Crippen molar-refractivity contribution in [2.75, 3.05) is 38.1 Å². The van der Waals surface area contributed by atoms with Crippen LogP contribution in [-0.2, 0) is 4.79 Å². The third-order valence-electron chi connectivity index (χ3n) is 4.12. The largest absolute Gasteiger partial charge is 0.492 e. The zero-order valence-corrected chi connectivity index (χ0v) is 16.4. The van der Waals surface area contributed by atoms with Crippen LogP contribution in [0.25, 0.3) is 0 Å². The van der Waals surface area contributed by atoms with E-state index in [0.29, 0.717) is 19.6 Å². The minimum absolute atomic E-state index is 0. The van der Waals surface area contributed by atoms with Crippen molar-refractivity contribution in [1.82, 2.24) is 10.2 Å². The van der Waals surface area contributed by atoms with Crippen molar-refractivity contribution in [3.63, 3.8) is 0 Å². The summed E-state index contributed by atoms with van der Waals surface area (Å²) in [7, 11) is 0. The number of rotatable bonds is 8. The lowest BCUT2D eigenvalue weighted by Crippen LogP contribution is -2.35. The van der Waals surface area contributed by atoms with Gasteiger partial charge in [0, 0.05) is 18.8 Å². The molecule has 144 valence electrons. The molecule has 0 aromatic heterocycles. The van der Waals surface area contributed by atoms with Gasteiger partial charge in [0.05, 0.1) is 12.1 Å². The van der Waals surface area contributed by atoms with E-state index in [1.165, 1.54) is 0 Å². The summed E-state index contributed by atoms with van der Waals surface area (Å²) in [6.45, 7) is 8.34. The highest BCUT2D eigenvalue weighted by Gasteiger charge is 2.27. The lowest BCUT2D eigenvalue weighted by atomic mass is 10.2. The second-order valence-corrected chi connectivity index (χ2v) is 5.74. The van der Waals surface area contributed by atoms with Crippen molar-refractivity contribution >= 4 is 36.4 Å². The van der Waals surface area contributed by atoms with E-state index in [2.05, 4.69) is 29.4 Å². The maximum Gasteiger partial charge on any atom is 0.241 e. The molecule has 2 atom stereocenters. The number of carbonyl (C=O) groups is 1. The summed E-state index contributed by atoms with van der Waals surface area (Å²) in [6.07, 6.45) is 0.0191. The molecular weight excluding hydrogens is 365 g/mol. The fraction of sp³-hybridized carbons (Fsp3) is 0.588. The van der Waals surface area contributed by atoms with Gasteiger partial charge in [0.15, 0.2) is 0 Å². The van der Waals surface area contributed by atoms with Gasteiger partial charge in [-0.15, -0.1) is 24.8 Å². The monoisotopic (exact) mass is 393 g/mol. The quantitative estimate of drug-likeness (QED) is 0.628. The molecule has 0 aliphatic carbocycles.